The fourth-order valence-electron chi connectivity index (χ4n) is 6.64. The number of esters is 1. The monoisotopic (exact) mass is 446 g/mol. The van der Waals surface area contributed by atoms with Crippen molar-refractivity contribution in [1.82, 2.24) is 10.3 Å². The zero-order valence-electron chi connectivity index (χ0n) is 17.9. The third-order valence-electron chi connectivity index (χ3n) is 7.45. The molecular formula is C26H26N2O3S. The molecule has 4 aliphatic rings. The van der Waals surface area contributed by atoms with Gasteiger partial charge in [-0.1, -0.05) is 30.3 Å². The lowest BCUT2D eigenvalue weighted by molar-refractivity contribution is -0.130. The first-order valence-corrected chi connectivity index (χ1v) is 12.3. The van der Waals surface area contributed by atoms with Crippen LogP contribution in [0.3, 0.4) is 0 Å². The van der Waals surface area contributed by atoms with Crippen LogP contribution in [0.25, 0.3) is 20.8 Å². The van der Waals surface area contributed by atoms with Crippen LogP contribution in [0.4, 0.5) is 0 Å². The number of fused-ring (bicyclic) bond motifs is 1. The third-order valence-corrected chi connectivity index (χ3v) is 8.52. The Labute approximate surface area is 191 Å². The normalized spacial score (nSPS) is 28.1. The number of carbonyl (C=O) groups is 2. The second-order valence-corrected chi connectivity index (χ2v) is 10.9. The number of benzene rings is 2. The molecule has 0 aliphatic heterocycles. The van der Waals surface area contributed by atoms with E-state index < -0.39 is 5.97 Å². The predicted molar refractivity (Wildman–Crippen MR) is 124 cm³/mol. The van der Waals surface area contributed by atoms with Gasteiger partial charge in [-0.15, -0.1) is 11.3 Å². The first-order valence-electron chi connectivity index (χ1n) is 11.5. The van der Waals surface area contributed by atoms with E-state index in [2.05, 4.69) is 10.3 Å². The molecule has 164 valence electrons. The molecule has 4 aliphatic carbocycles. The molecule has 2 aromatic carbocycles. The van der Waals surface area contributed by atoms with Crippen LogP contribution in [0, 0.1) is 17.8 Å². The number of carbonyl (C=O) groups excluding carboxylic acids is 2. The molecule has 0 unspecified atom stereocenters. The largest absolute Gasteiger partial charge is 0.452 e. The van der Waals surface area contributed by atoms with Crippen LogP contribution in [-0.2, 0) is 9.53 Å². The smallest absolute Gasteiger partial charge is 0.339 e. The summed E-state index contributed by atoms with van der Waals surface area (Å²) in [5, 5.41) is 4.04. The Morgan fingerprint density at radius 2 is 1.62 bits per heavy atom. The molecule has 7 rings (SSSR count). The second-order valence-electron chi connectivity index (χ2n) is 9.85. The summed E-state index contributed by atoms with van der Waals surface area (Å²) >= 11 is 1.54. The van der Waals surface area contributed by atoms with E-state index >= 15 is 0 Å². The highest BCUT2D eigenvalue weighted by molar-refractivity contribution is 7.21. The van der Waals surface area contributed by atoms with Gasteiger partial charge in [0.25, 0.3) is 5.91 Å². The van der Waals surface area contributed by atoms with Crippen molar-refractivity contribution in [1.29, 1.82) is 0 Å². The molecule has 0 atom stereocenters. The first kappa shape index (κ1) is 19.9. The number of hydrogen-bond donors (Lipinski definition) is 1. The van der Waals surface area contributed by atoms with Crippen molar-refractivity contribution in [2.45, 2.75) is 44.1 Å². The summed E-state index contributed by atoms with van der Waals surface area (Å²) in [6, 6.07) is 15.2. The first-order chi connectivity index (χ1) is 15.6. The lowest BCUT2D eigenvalue weighted by Crippen LogP contribution is -2.60. The molecule has 32 heavy (non-hydrogen) atoms. The highest BCUT2D eigenvalue weighted by Gasteiger charge is 2.51. The van der Waals surface area contributed by atoms with Gasteiger partial charge in [0.2, 0.25) is 0 Å². The van der Waals surface area contributed by atoms with Crippen molar-refractivity contribution in [2.75, 3.05) is 6.61 Å². The maximum Gasteiger partial charge on any atom is 0.339 e. The van der Waals surface area contributed by atoms with Crippen LogP contribution in [0.1, 0.15) is 48.9 Å². The highest BCUT2D eigenvalue weighted by atomic mass is 32.1. The van der Waals surface area contributed by atoms with E-state index in [0.717, 1.165) is 57.8 Å². The molecular weight excluding hydrogens is 420 g/mol. The Morgan fingerprint density at radius 1 is 0.969 bits per heavy atom. The quantitative estimate of drug-likeness (QED) is 0.547. The van der Waals surface area contributed by atoms with Crippen LogP contribution < -0.4 is 5.32 Å². The van der Waals surface area contributed by atoms with Gasteiger partial charge >= 0.3 is 5.97 Å². The standard InChI is InChI=1S/C26H26N2O3S/c29-23(28-26-12-16-9-17(13-26)11-18(10-16)14-26)15-31-25(30)20-6-2-1-5-19(20)24-27-21-7-3-4-8-22(21)32-24/h1-8,16-18H,9-15H2,(H,28,29). The lowest BCUT2D eigenvalue weighted by atomic mass is 9.53. The lowest BCUT2D eigenvalue weighted by Gasteiger charge is -2.56. The average molecular weight is 447 g/mol. The molecule has 0 spiro atoms. The van der Waals surface area contributed by atoms with Gasteiger partial charge in [0.1, 0.15) is 5.01 Å². The minimum atomic E-state index is -0.486. The molecule has 1 N–H and O–H groups in total. The number of thiazole rings is 1. The summed E-state index contributed by atoms with van der Waals surface area (Å²) in [6.45, 7) is -0.241. The average Bonchev–Trinajstić information content (AvgIpc) is 3.20. The van der Waals surface area contributed by atoms with Crippen LogP contribution in [0.2, 0.25) is 0 Å². The zero-order valence-corrected chi connectivity index (χ0v) is 18.7. The van der Waals surface area contributed by atoms with E-state index in [1.165, 1.54) is 19.3 Å². The molecule has 1 amide bonds. The number of para-hydroxylation sites is 1. The minimum Gasteiger partial charge on any atom is -0.452 e. The summed E-state index contributed by atoms with van der Waals surface area (Å²) in [5.74, 6) is 1.60. The van der Waals surface area contributed by atoms with Gasteiger partial charge in [0, 0.05) is 11.1 Å². The van der Waals surface area contributed by atoms with Crippen molar-refractivity contribution in [3.63, 3.8) is 0 Å². The SMILES string of the molecule is O=C(COC(=O)c1ccccc1-c1nc2ccccc2s1)NC12CC3CC(CC(C3)C1)C2. The summed E-state index contributed by atoms with van der Waals surface area (Å²) in [4.78, 5) is 30.3. The number of nitrogens with zero attached hydrogens (tertiary/aromatic N) is 1. The third kappa shape index (κ3) is 3.60. The molecule has 1 aromatic heterocycles. The Hall–Kier alpha value is -2.73. The highest BCUT2D eigenvalue weighted by Crippen LogP contribution is 2.55. The van der Waals surface area contributed by atoms with E-state index in [0.29, 0.717) is 5.56 Å². The van der Waals surface area contributed by atoms with Gasteiger partial charge in [0.05, 0.1) is 15.8 Å². The number of nitrogens with one attached hydrogen (secondary N) is 1. The summed E-state index contributed by atoms with van der Waals surface area (Å²) in [7, 11) is 0. The summed E-state index contributed by atoms with van der Waals surface area (Å²) in [5.41, 5.74) is 2.01. The maximum absolute atomic E-state index is 12.9. The van der Waals surface area contributed by atoms with Gasteiger partial charge < -0.3 is 10.1 Å². The Bertz CT molecular complexity index is 1130. The molecule has 6 heteroatoms. The van der Waals surface area contributed by atoms with Gasteiger partial charge in [-0.3, -0.25) is 4.79 Å². The predicted octanol–water partition coefficient (Wildman–Crippen LogP) is 5.21. The van der Waals surface area contributed by atoms with Gasteiger partial charge in [-0.25, -0.2) is 9.78 Å². The maximum atomic E-state index is 12.9. The van der Waals surface area contributed by atoms with Crippen molar-refractivity contribution in [3.8, 4) is 10.6 Å². The minimum absolute atomic E-state index is 0.0723. The molecule has 4 fully saturated rings. The van der Waals surface area contributed by atoms with E-state index in [1.54, 1.807) is 17.4 Å². The van der Waals surface area contributed by atoms with Crippen LogP contribution in [0.5, 0.6) is 0 Å². The van der Waals surface area contributed by atoms with E-state index in [-0.39, 0.29) is 18.1 Å². The number of rotatable bonds is 5. The number of aromatic nitrogens is 1. The van der Waals surface area contributed by atoms with E-state index in [1.807, 2.05) is 42.5 Å². The van der Waals surface area contributed by atoms with Crippen LogP contribution >= 0.6 is 11.3 Å². The molecule has 4 bridgehead atoms. The molecule has 0 saturated heterocycles. The van der Waals surface area contributed by atoms with Crippen molar-refractivity contribution in [2.24, 2.45) is 17.8 Å². The Morgan fingerprint density at radius 3 is 2.34 bits per heavy atom. The van der Waals surface area contributed by atoms with Crippen molar-refractivity contribution in [3.05, 3.63) is 54.1 Å². The number of ether oxygens (including phenoxy) is 1. The van der Waals surface area contributed by atoms with Crippen molar-refractivity contribution >= 4 is 33.4 Å². The van der Waals surface area contributed by atoms with Gasteiger partial charge in [0.15, 0.2) is 6.61 Å². The summed E-state index contributed by atoms with van der Waals surface area (Å²) < 4.78 is 6.54. The Kier molecular flexibility index (Phi) is 4.79. The topological polar surface area (TPSA) is 68.3 Å². The summed E-state index contributed by atoms with van der Waals surface area (Å²) in [6.07, 6.45) is 7.23. The van der Waals surface area contributed by atoms with E-state index in [9.17, 15) is 9.59 Å². The molecule has 0 radical (unpaired) electrons. The van der Waals surface area contributed by atoms with Crippen LogP contribution in [0.15, 0.2) is 48.5 Å². The van der Waals surface area contributed by atoms with Gasteiger partial charge in [-0.2, -0.15) is 0 Å². The zero-order chi connectivity index (χ0) is 21.7. The number of amides is 1. The van der Waals surface area contributed by atoms with Crippen molar-refractivity contribution < 1.29 is 14.3 Å². The fourth-order valence-corrected chi connectivity index (χ4v) is 7.64. The molecule has 3 aromatic rings. The number of hydrogen-bond acceptors (Lipinski definition) is 5. The molecule has 1 heterocycles. The molecule has 4 saturated carbocycles. The van der Waals surface area contributed by atoms with Gasteiger partial charge in [-0.05, 0) is 74.5 Å². The van der Waals surface area contributed by atoms with Crippen LogP contribution in [-0.4, -0.2) is 29.0 Å². The Balaban J connectivity index is 1.15. The molecule has 5 nitrogen and oxygen atoms in total. The fraction of sp³-hybridized carbons (Fsp3) is 0.423. The van der Waals surface area contributed by atoms with E-state index in [4.69, 9.17) is 4.74 Å². The second kappa shape index (κ2) is 7.69.